The van der Waals surface area contributed by atoms with Crippen LogP contribution in [0.4, 0.5) is 5.69 Å². The van der Waals surface area contributed by atoms with Crippen molar-refractivity contribution in [3.05, 3.63) is 73.1 Å². The Bertz CT molecular complexity index is 839. The second-order valence-electron chi connectivity index (χ2n) is 6.10. The van der Waals surface area contributed by atoms with E-state index in [1.165, 1.54) is 0 Å². The number of rotatable bonds is 8. The Balaban J connectivity index is 1.65. The topological polar surface area (TPSA) is 55.2 Å². The number of thiocarbonyl (C=S) groups is 1. The molecule has 0 aliphatic rings. The van der Waals surface area contributed by atoms with Gasteiger partial charge in [0.15, 0.2) is 5.11 Å². The van der Waals surface area contributed by atoms with Crippen molar-refractivity contribution in [1.82, 2.24) is 19.4 Å². The molecule has 0 radical (unpaired) electrons. The van der Waals surface area contributed by atoms with Crippen molar-refractivity contribution < 1.29 is 4.74 Å². The molecule has 0 bridgehead atoms. The summed E-state index contributed by atoms with van der Waals surface area (Å²) in [5.74, 6) is 0.793. The number of aromatic nitrogens is 3. The van der Waals surface area contributed by atoms with Crippen LogP contribution < -0.4 is 10.1 Å². The van der Waals surface area contributed by atoms with Gasteiger partial charge in [-0.05, 0) is 42.4 Å². The fourth-order valence-electron chi connectivity index (χ4n) is 2.73. The van der Waals surface area contributed by atoms with Gasteiger partial charge < -0.3 is 19.5 Å². The van der Waals surface area contributed by atoms with Crippen LogP contribution in [0.5, 0.6) is 5.75 Å². The molecule has 6 nitrogen and oxygen atoms in total. The number of nitrogens with one attached hydrogen (secondary N) is 1. The van der Waals surface area contributed by atoms with Gasteiger partial charge in [0.05, 0.1) is 13.4 Å². The summed E-state index contributed by atoms with van der Waals surface area (Å²) in [5.41, 5.74) is 2.03. The molecular formula is C20H23N5OS. The normalized spacial score (nSPS) is 10.4. The van der Waals surface area contributed by atoms with Crippen molar-refractivity contribution in [3.8, 4) is 5.75 Å². The summed E-state index contributed by atoms with van der Waals surface area (Å²) in [6.45, 7) is 2.42. The monoisotopic (exact) mass is 381 g/mol. The maximum absolute atomic E-state index is 5.68. The molecule has 7 heteroatoms. The van der Waals surface area contributed by atoms with Gasteiger partial charge in [-0.15, -0.1) is 0 Å². The van der Waals surface area contributed by atoms with E-state index >= 15 is 0 Å². The number of methoxy groups -OCH3 is 1. The quantitative estimate of drug-likeness (QED) is 0.602. The SMILES string of the molecule is COc1cccc(NC(=S)N(CCCn2ccnc2)Cc2cccnc2)c1. The molecule has 0 atom stereocenters. The molecule has 27 heavy (non-hydrogen) atoms. The average molecular weight is 382 g/mol. The zero-order chi connectivity index (χ0) is 18.9. The van der Waals surface area contributed by atoms with E-state index in [4.69, 9.17) is 17.0 Å². The lowest BCUT2D eigenvalue weighted by Crippen LogP contribution is -2.35. The Labute approximate surface area is 164 Å². The minimum absolute atomic E-state index is 0.678. The Morgan fingerprint density at radius 2 is 2.15 bits per heavy atom. The summed E-state index contributed by atoms with van der Waals surface area (Å²) >= 11 is 5.68. The molecule has 0 saturated heterocycles. The molecule has 0 aliphatic heterocycles. The van der Waals surface area contributed by atoms with Gasteiger partial charge in [-0.1, -0.05) is 12.1 Å². The first kappa shape index (κ1) is 18.8. The molecule has 0 saturated carbocycles. The molecule has 0 fully saturated rings. The largest absolute Gasteiger partial charge is 0.497 e. The Morgan fingerprint density at radius 1 is 1.22 bits per heavy atom. The van der Waals surface area contributed by atoms with Crippen molar-refractivity contribution >= 4 is 23.0 Å². The average Bonchev–Trinajstić information content (AvgIpc) is 3.21. The first-order chi connectivity index (χ1) is 13.2. The number of imidazole rings is 1. The van der Waals surface area contributed by atoms with Crippen LogP contribution in [-0.4, -0.2) is 38.2 Å². The van der Waals surface area contributed by atoms with Crippen molar-refractivity contribution in [2.24, 2.45) is 0 Å². The van der Waals surface area contributed by atoms with E-state index in [0.29, 0.717) is 11.7 Å². The molecule has 3 rings (SSSR count). The Kier molecular flexibility index (Phi) is 6.76. The highest BCUT2D eigenvalue weighted by molar-refractivity contribution is 7.80. The third-order valence-corrected chi connectivity index (χ3v) is 4.47. The van der Waals surface area contributed by atoms with E-state index in [-0.39, 0.29) is 0 Å². The number of ether oxygens (including phenoxy) is 1. The van der Waals surface area contributed by atoms with Crippen molar-refractivity contribution in [1.29, 1.82) is 0 Å². The fraction of sp³-hybridized carbons (Fsp3) is 0.250. The zero-order valence-corrected chi connectivity index (χ0v) is 16.1. The van der Waals surface area contributed by atoms with Gasteiger partial charge in [-0.25, -0.2) is 4.98 Å². The number of hydrogen-bond donors (Lipinski definition) is 1. The van der Waals surface area contributed by atoms with Crippen molar-refractivity contribution in [2.75, 3.05) is 19.0 Å². The van der Waals surface area contributed by atoms with Crippen LogP contribution in [-0.2, 0) is 13.1 Å². The molecule has 0 spiro atoms. The van der Waals surface area contributed by atoms with E-state index in [1.54, 1.807) is 19.5 Å². The molecular weight excluding hydrogens is 358 g/mol. The van der Waals surface area contributed by atoms with Gasteiger partial charge in [0, 0.05) is 56.2 Å². The first-order valence-corrected chi connectivity index (χ1v) is 9.20. The lowest BCUT2D eigenvalue weighted by atomic mass is 10.2. The van der Waals surface area contributed by atoms with Gasteiger partial charge in [-0.2, -0.15) is 0 Å². The van der Waals surface area contributed by atoms with Gasteiger partial charge in [0.25, 0.3) is 0 Å². The third-order valence-electron chi connectivity index (χ3n) is 4.11. The lowest BCUT2D eigenvalue weighted by molar-refractivity contribution is 0.395. The summed E-state index contributed by atoms with van der Waals surface area (Å²) in [7, 11) is 1.66. The molecule has 1 N–H and O–H groups in total. The number of hydrogen-bond acceptors (Lipinski definition) is 4. The molecule has 0 unspecified atom stereocenters. The van der Waals surface area contributed by atoms with Crippen LogP contribution in [0.3, 0.4) is 0 Å². The van der Waals surface area contributed by atoms with Gasteiger partial charge in [0.1, 0.15) is 5.75 Å². The number of anilines is 1. The third kappa shape index (κ3) is 5.79. The highest BCUT2D eigenvalue weighted by atomic mass is 32.1. The van der Waals surface area contributed by atoms with Gasteiger partial charge in [-0.3, -0.25) is 4.98 Å². The maximum atomic E-state index is 5.68. The highest BCUT2D eigenvalue weighted by Gasteiger charge is 2.11. The highest BCUT2D eigenvalue weighted by Crippen LogP contribution is 2.18. The Morgan fingerprint density at radius 3 is 2.89 bits per heavy atom. The van der Waals surface area contributed by atoms with E-state index in [2.05, 4.69) is 30.8 Å². The molecule has 0 aliphatic carbocycles. The molecule has 0 amide bonds. The number of pyridine rings is 1. The van der Waals surface area contributed by atoms with Crippen molar-refractivity contribution in [2.45, 2.75) is 19.5 Å². The van der Waals surface area contributed by atoms with Crippen LogP contribution in [0, 0.1) is 0 Å². The van der Waals surface area contributed by atoms with Crippen LogP contribution in [0.15, 0.2) is 67.5 Å². The summed E-state index contributed by atoms with van der Waals surface area (Å²) in [5, 5.41) is 4.00. The predicted molar refractivity (Wildman–Crippen MR) is 111 cm³/mol. The number of aryl methyl sites for hydroxylation is 1. The predicted octanol–water partition coefficient (Wildman–Crippen LogP) is 3.58. The Hall–Kier alpha value is -2.93. The summed E-state index contributed by atoms with van der Waals surface area (Å²) in [6, 6.07) is 11.8. The standard InChI is InChI=1S/C20H23N5OS/c1-26-19-7-2-6-18(13-19)23-20(27)25(15-17-5-3-8-21-14-17)11-4-10-24-12-9-22-16-24/h2-3,5-9,12-14,16H,4,10-11,15H2,1H3,(H,23,27). The molecule has 1 aromatic carbocycles. The minimum Gasteiger partial charge on any atom is -0.497 e. The van der Waals surface area contributed by atoms with E-state index in [1.807, 2.05) is 49.1 Å². The fourth-order valence-corrected chi connectivity index (χ4v) is 3.00. The summed E-state index contributed by atoms with van der Waals surface area (Å²) in [4.78, 5) is 10.4. The van der Waals surface area contributed by atoms with Crippen LogP contribution in [0.25, 0.3) is 0 Å². The van der Waals surface area contributed by atoms with E-state index in [9.17, 15) is 0 Å². The van der Waals surface area contributed by atoms with Crippen LogP contribution >= 0.6 is 12.2 Å². The number of benzene rings is 1. The van der Waals surface area contributed by atoms with Crippen molar-refractivity contribution in [3.63, 3.8) is 0 Å². The van der Waals surface area contributed by atoms with Gasteiger partial charge >= 0.3 is 0 Å². The molecule has 2 aromatic heterocycles. The second kappa shape index (κ2) is 9.68. The van der Waals surface area contributed by atoms with E-state index < -0.39 is 0 Å². The molecule has 140 valence electrons. The molecule has 3 aromatic rings. The first-order valence-electron chi connectivity index (χ1n) is 8.79. The lowest BCUT2D eigenvalue weighted by Gasteiger charge is -2.26. The van der Waals surface area contributed by atoms with Gasteiger partial charge in [0.2, 0.25) is 0 Å². The zero-order valence-electron chi connectivity index (χ0n) is 15.3. The summed E-state index contributed by atoms with van der Waals surface area (Å²) in [6.07, 6.45) is 10.2. The van der Waals surface area contributed by atoms with E-state index in [0.717, 1.165) is 36.5 Å². The molecule has 2 heterocycles. The smallest absolute Gasteiger partial charge is 0.173 e. The number of nitrogens with zero attached hydrogens (tertiary/aromatic N) is 4. The van der Waals surface area contributed by atoms with Crippen LogP contribution in [0.2, 0.25) is 0 Å². The summed E-state index contributed by atoms with van der Waals surface area (Å²) < 4.78 is 7.36. The second-order valence-corrected chi connectivity index (χ2v) is 6.49. The van der Waals surface area contributed by atoms with Crippen LogP contribution in [0.1, 0.15) is 12.0 Å². The minimum atomic E-state index is 0.678. The maximum Gasteiger partial charge on any atom is 0.173 e.